The van der Waals surface area contributed by atoms with Crippen LogP contribution in [0.5, 0.6) is 5.75 Å². The van der Waals surface area contributed by atoms with Crippen molar-refractivity contribution in [2.45, 2.75) is 26.5 Å². The highest BCUT2D eigenvalue weighted by molar-refractivity contribution is 6.03. The second-order valence-electron chi connectivity index (χ2n) is 6.06. The van der Waals surface area contributed by atoms with Crippen LogP contribution in [-0.4, -0.2) is 27.0 Å². The van der Waals surface area contributed by atoms with Gasteiger partial charge in [-0.25, -0.2) is 9.97 Å². The molecule has 3 rings (SSSR count). The van der Waals surface area contributed by atoms with E-state index in [9.17, 15) is 4.79 Å². The van der Waals surface area contributed by atoms with Crippen LogP contribution in [0.2, 0.25) is 0 Å². The summed E-state index contributed by atoms with van der Waals surface area (Å²) in [6.07, 6.45) is 3.27. The highest BCUT2D eigenvalue weighted by Crippen LogP contribution is 2.25. The lowest BCUT2D eigenvalue weighted by Crippen LogP contribution is -2.17. The molecule has 3 aromatic rings. The van der Waals surface area contributed by atoms with E-state index in [4.69, 9.17) is 4.74 Å². The Morgan fingerprint density at radius 3 is 2.63 bits per heavy atom. The molecule has 0 aliphatic carbocycles. The van der Waals surface area contributed by atoms with E-state index in [1.807, 2.05) is 50.2 Å². The van der Waals surface area contributed by atoms with Crippen molar-refractivity contribution in [1.29, 1.82) is 0 Å². The molecule has 2 N–H and O–H groups in total. The van der Waals surface area contributed by atoms with Crippen LogP contribution >= 0.6 is 0 Å². The maximum atomic E-state index is 12.6. The van der Waals surface area contributed by atoms with Gasteiger partial charge in [-0.2, -0.15) is 0 Å². The number of carbonyl (C=O) groups excluding carboxylic acids is 1. The number of benzene rings is 1. The molecule has 0 bridgehead atoms. The number of hydrogen-bond donors (Lipinski definition) is 2. The van der Waals surface area contributed by atoms with Crippen molar-refractivity contribution in [2.24, 2.45) is 0 Å². The molecule has 0 radical (unpaired) electrons. The van der Waals surface area contributed by atoms with Crippen molar-refractivity contribution < 1.29 is 9.53 Å². The third-order valence-corrected chi connectivity index (χ3v) is 3.54. The number of nitrogens with one attached hydrogen (secondary N) is 2. The van der Waals surface area contributed by atoms with Gasteiger partial charge in [0.15, 0.2) is 0 Å². The molecule has 0 saturated carbocycles. The number of amides is 1. The Bertz CT molecular complexity index is 900. The van der Waals surface area contributed by atoms with E-state index in [0.29, 0.717) is 23.9 Å². The van der Waals surface area contributed by atoms with Gasteiger partial charge in [0.1, 0.15) is 11.4 Å². The molecule has 0 aliphatic rings. The fourth-order valence-electron chi connectivity index (χ4n) is 2.36. The van der Waals surface area contributed by atoms with Crippen molar-refractivity contribution in [3.05, 3.63) is 72.3 Å². The Morgan fingerprint density at radius 2 is 1.85 bits per heavy atom. The van der Waals surface area contributed by atoms with Crippen molar-refractivity contribution in [3.63, 3.8) is 0 Å². The predicted molar refractivity (Wildman–Crippen MR) is 104 cm³/mol. The molecule has 2 aromatic heterocycles. The van der Waals surface area contributed by atoms with Gasteiger partial charge in [-0.3, -0.25) is 9.78 Å². The van der Waals surface area contributed by atoms with E-state index in [1.54, 1.807) is 24.5 Å². The number of rotatable bonds is 7. The quantitative estimate of drug-likeness (QED) is 0.668. The summed E-state index contributed by atoms with van der Waals surface area (Å²) in [6, 6.07) is 14.5. The van der Waals surface area contributed by atoms with E-state index in [0.717, 1.165) is 5.69 Å². The highest BCUT2D eigenvalue weighted by Gasteiger charge is 2.13. The van der Waals surface area contributed by atoms with Gasteiger partial charge in [0.05, 0.1) is 24.0 Å². The molecule has 7 heteroatoms. The minimum atomic E-state index is -0.335. The summed E-state index contributed by atoms with van der Waals surface area (Å²) in [5, 5.41) is 5.91. The number of carbonyl (C=O) groups is 1. The van der Waals surface area contributed by atoms with Crippen LogP contribution in [0.25, 0.3) is 0 Å². The molecule has 0 spiro atoms. The average molecular weight is 363 g/mol. The summed E-state index contributed by atoms with van der Waals surface area (Å²) in [4.78, 5) is 25.2. The number of pyridine rings is 1. The molecule has 7 nitrogen and oxygen atoms in total. The second kappa shape index (κ2) is 8.75. The van der Waals surface area contributed by atoms with Gasteiger partial charge in [0.25, 0.3) is 5.91 Å². The zero-order valence-electron chi connectivity index (χ0n) is 15.2. The maximum absolute atomic E-state index is 12.6. The van der Waals surface area contributed by atoms with E-state index in [1.165, 1.54) is 0 Å². The van der Waals surface area contributed by atoms with Crippen LogP contribution in [0.1, 0.15) is 30.0 Å². The van der Waals surface area contributed by atoms with Gasteiger partial charge >= 0.3 is 0 Å². The van der Waals surface area contributed by atoms with Crippen molar-refractivity contribution >= 4 is 17.5 Å². The molecule has 0 unspecified atom stereocenters. The molecule has 27 heavy (non-hydrogen) atoms. The highest BCUT2D eigenvalue weighted by atomic mass is 16.5. The standard InChI is InChI=1S/C20H21N5O2/c1-14(2)27-18-9-4-3-8-16(18)24-19(26)17-10-12-22-20(25-17)23-13-15-7-5-6-11-21-15/h3-12,14H,13H2,1-2H3,(H,24,26)(H,22,23,25). The Hall–Kier alpha value is -3.48. The Kier molecular flexibility index (Phi) is 5.94. The van der Waals surface area contributed by atoms with Crippen LogP contribution < -0.4 is 15.4 Å². The maximum Gasteiger partial charge on any atom is 0.274 e. The Morgan fingerprint density at radius 1 is 1.04 bits per heavy atom. The first-order chi connectivity index (χ1) is 13.1. The zero-order chi connectivity index (χ0) is 19.1. The summed E-state index contributed by atoms with van der Waals surface area (Å²) in [5.41, 5.74) is 1.71. The van der Waals surface area contributed by atoms with E-state index >= 15 is 0 Å². The lowest BCUT2D eigenvalue weighted by Gasteiger charge is -2.14. The van der Waals surface area contributed by atoms with Crippen LogP contribution in [0.3, 0.4) is 0 Å². The minimum absolute atomic E-state index is 0.00417. The summed E-state index contributed by atoms with van der Waals surface area (Å²) in [6.45, 7) is 4.34. The van der Waals surface area contributed by atoms with Crippen LogP contribution in [0, 0.1) is 0 Å². The number of hydrogen-bond acceptors (Lipinski definition) is 6. The first-order valence-electron chi connectivity index (χ1n) is 8.65. The third kappa shape index (κ3) is 5.24. The van der Waals surface area contributed by atoms with Gasteiger partial charge in [0.2, 0.25) is 5.95 Å². The van der Waals surface area contributed by atoms with Gasteiger partial charge in [-0.1, -0.05) is 18.2 Å². The van der Waals surface area contributed by atoms with Gasteiger partial charge in [-0.15, -0.1) is 0 Å². The number of anilines is 2. The monoisotopic (exact) mass is 363 g/mol. The van der Waals surface area contributed by atoms with E-state index in [2.05, 4.69) is 25.6 Å². The number of nitrogens with zero attached hydrogens (tertiary/aromatic N) is 3. The van der Waals surface area contributed by atoms with Crippen molar-refractivity contribution in [2.75, 3.05) is 10.6 Å². The topological polar surface area (TPSA) is 89.0 Å². The molecule has 1 aromatic carbocycles. The SMILES string of the molecule is CC(C)Oc1ccccc1NC(=O)c1ccnc(NCc2ccccn2)n1. The minimum Gasteiger partial charge on any atom is -0.489 e. The Labute approximate surface area is 157 Å². The first kappa shape index (κ1) is 18.3. The van der Waals surface area contributed by atoms with Gasteiger partial charge < -0.3 is 15.4 Å². The van der Waals surface area contributed by atoms with E-state index < -0.39 is 0 Å². The lowest BCUT2D eigenvalue weighted by atomic mass is 10.2. The summed E-state index contributed by atoms with van der Waals surface area (Å²) < 4.78 is 5.73. The smallest absolute Gasteiger partial charge is 0.274 e. The number of para-hydroxylation sites is 2. The molecular formula is C20H21N5O2. The predicted octanol–water partition coefficient (Wildman–Crippen LogP) is 3.52. The zero-order valence-corrected chi connectivity index (χ0v) is 15.2. The van der Waals surface area contributed by atoms with Gasteiger partial charge in [-0.05, 0) is 44.2 Å². The van der Waals surface area contributed by atoms with Crippen LogP contribution in [-0.2, 0) is 6.54 Å². The van der Waals surface area contributed by atoms with Crippen molar-refractivity contribution in [3.8, 4) is 5.75 Å². The number of ether oxygens (including phenoxy) is 1. The fourth-order valence-corrected chi connectivity index (χ4v) is 2.36. The Balaban J connectivity index is 1.69. The van der Waals surface area contributed by atoms with Gasteiger partial charge in [0, 0.05) is 12.4 Å². The molecule has 1 amide bonds. The second-order valence-corrected chi connectivity index (χ2v) is 6.06. The summed E-state index contributed by atoms with van der Waals surface area (Å²) >= 11 is 0. The van der Waals surface area contributed by atoms with Crippen LogP contribution in [0.4, 0.5) is 11.6 Å². The third-order valence-electron chi connectivity index (χ3n) is 3.54. The molecule has 0 aliphatic heterocycles. The summed E-state index contributed by atoms with van der Waals surface area (Å²) in [5.74, 6) is 0.640. The summed E-state index contributed by atoms with van der Waals surface area (Å²) in [7, 11) is 0. The molecular weight excluding hydrogens is 342 g/mol. The normalized spacial score (nSPS) is 10.5. The first-order valence-corrected chi connectivity index (χ1v) is 8.65. The molecule has 2 heterocycles. The van der Waals surface area contributed by atoms with E-state index in [-0.39, 0.29) is 17.7 Å². The average Bonchev–Trinajstić information content (AvgIpc) is 2.68. The number of aromatic nitrogens is 3. The lowest BCUT2D eigenvalue weighted by molar-refractivity contribution is 0.102. The largest absolute Gasteiger partial charge is 0.489 e. The van der Waals surface area contributed by atoms with Crippen LogP contribution in [0.15, 0.2) is 60.9 Å². The van der Waals surface area contributed by atoms with Crippen molar-refractivity contribution in [1.82, 2.24) is 15.0 Å². The fraction of sp³-hybridized carbons (Fsp3) is 0.200. The molecule has 0 saturated heterocycles. The molecule has 0 atom stereocenters. The molecule has 0 fully saturated rings. The molecule has 138 valence electrons.